The summed E-state index contributed by atoms with van der Waals surface area (Å²) >= 11 is 1.24. The molecular weight excluding hydrogens is 538 g/mol. The van der Waals surface area contributed by atoms with Crippen LogP contribution in [0.4, 0.5) is 22.3 Å². The second kappa shape index (κ2) is 11.1. The largest absolute Gasteiger partial charge is 0.493 e. The Hall–Kier alpha value is -4.85. The highest BCUT2D eigenvalue weighted by molar-refractivity contribution is 7.19. The maximum Gasteiger partial charge on any atom is 0.272 e. The Morgan fingerprint density at radius 2 is 1.85 bits per heavy atom. The molecule has 1 fully saturated rings. The Morgan fingerprint density at radius 3 is 2.50 bits per heavy atom. The number of nitrogens with zero attached hydrogens (tertiary/aromatic N) is 3. The van der Waals surface area contributed by atoms with E-state index in [1.165, 1.54) is 32.7 Å². The number of aromatic nitrogens is 3. The van der Waals surface area contributed by atoms with E-state index in [4.69, 9.17) is 24.5 Å². The predicted molar refractivity (Wildman–Crippen MR) is 149 cm³/mol. The lowest BCUT2D eigenvalue weighted by Crippen LogP contribution is -2.37. The highest BCUT2D eigenvalue weighted by atomic mass is 32.1. The number of rotatable bonds is 9. The Morgan fingerprint density at radius 1 is 1.10 bits per heavy atom. The van der Waals surface area contributed by atoms with Gasteiger partial charge in [0.15, 0.2) is 16.6 Å². The number of carbonyl (C=O) groups is 2. The number of nitrogens with two attached hydrogens (primary N) is 1. The van der Waals surface area contributed by atoms with Crippen LogP contribution in [0.25, 0.3) is 22.2 Å². The van der Waals surface area contributed by atoms with E-state index in [1.54, 1.807) is 24.3 Å². The van der Waals surface area contributed by atoms with Crippen molar-refractivity contribution in [2.45, 2.75) is 25.8 Å². The normalized spacial score (nSPS) is 14.5. The van der Waals surface area contributed by atoms with Crippen molar-refractivity contribution in [3.05, 3.63) is 35.9 Å². The van der Waals surface area contributed by atoms with E-state index >= 15 is 0 Å². The van der Waals surface area contributed by atoms with E-state index in [0.29, 0.717) is 62.9 Å². The molecule has 208 valence electrons. The molecule has 14 heteroatoms. The van der Waals surface area contributed by atoms with Gasteiger partial charge in [-0.05, 0) is 31.0 Å². The van der Waals surface area contributed by atoms with Crippen molar-refractivity contribution < 1.29 is 28.3 Å². The monoisotopic (exact) mass is 565 g/mol. The fourth-order valence-corrected chi connectivity index (χ4v) is 5.05. The molecule has 1 aliphatic heterocycles. The fourth-order valence-electron chi connectivity index (χ4n) is 4.22. The standard InChI is InChI=1S/C26H27N7O6S/c1-12-5-6-13(28-24(35)16-7-8-19(34)30-16)9-15(12)23-32-25(39-33-23)21-22(27)31-26(40-21)29-14-10-17(36-2)20(38-4)18(11-14)37-3/h5-6,9-11,16H,7-8,27H2,1-4H3,(H,28,35)(H,29,31)(H,30,34). The molecule has 40 heavy (non-hydrogen) atoms. The van der Waals surface area contributed by atoms with Gasteiger partial charge in [0.2, 0.25) is 23.4 Å². The van der Waals surface area contributed by atoms with Gasteiger partial charge in [-0.15, -0.1) is 0 Å². The first kappa shape index (κ1) is 26.7. The first-order valence-corrected chi connectivity index (χ1v) is 13.0. The number of benzene rings is 2. The van der Waals surface area contributed by atoms with Crippen LogP contribution in [0.15, 0.2) is 34.9 Å². The summed E-state index contributed by atoms with van der Waals surface area (Å²) in [5, 5.41) is 13.3. The number of carbonyl (C=O) groups excluding carboxylic acids is 2. The fraction of sp³-hybridized carbons (Fsp3) is 0.269. The third-order valence-electron chi connectivity index (χ3n) is 6.25. The van der Waals surface area contributed by atoms with E-state index in [0.717, 1.165) is 5.56 Å². The third kappa shape index (κ3) is 5.33. The molecule has 2 amide bonds. The molecule has 0 spiro atoms. The van der Waals surface area contributed by atoms with E-state index < -0.39 is 6.04 Å². The summed E-state index contributed by atoms with van der Waals surface area (Å²) in [6, 6.07) is 8.32. The molecule has 1 aliphatic rings. The maximum absolute atomic E-state index is 12.5. The van der Waals surface area contributed by atoms with Gasteiger partial charge in [-0.1, -0.05) is 22.6 Å². The summed E-state index contributed by atoms with van der Waals surface area (Å²) in [7, 11) is 4.60. The van der Waals surface area contributed by atoms with Gasteiger partial charge in [-0.25, -0.2) is 4.98 Å². The molecule has 1 unspecified atom stereocenters. The zero-order chi connectivity index (χ0) is 28.4. The number of methoxy groups -OCH3 is 3. The Balaban J connectivity index is 1.36. The van der Waals surface area contributed by atoms with Gasteiger partial charge in [0.1, 0.15) is 16.7 Å². The molecule has 0 bridgehead atoms. The van der Waals surface area contributed by atoms with E-state index in [-0.39, 0.29) is 23.5 Å². The van der Waals surface area contributed by atoms with Crippen LogP contribution in [0.3, 0.4) is 0 Å². The summed E-state index contributed by atoms with van der Waals surface area (Å²) in [5.74, 6) is 1.77. The second-order valence-electron chi connectivity index (χ2n) is 8.87. The number of hydrogen-bond acceptors (Lipinski definition) is 12. The maximum atomic E-state index is 12.5. The van der Waals surface area contributed by atoms with Crippen LogP contribution in [0.5, 0.6) is 17.2 Å². The van der Waals surface area contributed by atoms with Crippen molar-refractivity contribution in [3.8, 4) is 39.4 Å². The van der Waals surface area contributed by atoms with Crippen molar-refractivity contribution in [3.63, 3.8) is 0 Å². The highest BCUT2D eigenvalue weighted by Crippen LogP contribution is 2.42. The number of nitrogens with one attached hydrogen (secondary N) is 3. The zero-order valence-corrected chi connectivity index (χ0v) is 23.0. The molecule has 0 aliphatic carbocycles. The summed E-state index contributed by atoms with van der Waals surface area (Å²) < 4.78 is 21.7. The van der Waals surface area contributed by atoms with Gasteiger partial charge < -0.3 is 40.4 Å². The van der Waals surface area contributed by atoms with Gasteiger partial charge >= 0.3 is 0 Å². The van der Waals surface area contributed by atoms with Crippen LogP contribution >= 0.6 is 11.3 Å². The number of thiazole rings is 1. The van der Waals surface area contributed by atoms with Crippen molar-refractivity contribution >= 4 is 45.5 Å². The molecule has 4 aromatic rings. The molecule has 13 nitrogen and oxygen atoms in total. The topological polar surface area (TPSA) is 176 Å². The number of amides is 2. The molecule has 0 radical (unpaired) electrons. The van der Waals surface area contributed by atoms with Crippen LogP contribution in [0, 0.1) is 6.92 Å². The minimum Gasteiger partial charge on any atom is -0.493 e. The first-order valence-electron chi connectivity index (χ1n) is 12.2. The predicted octanol–water partition coefficient (Wildman–Crippen LogP) is 3.74. The molecule has 5 rings (SSSR count). The summed E-state index contributed by atoms with van der Waals surface area (Å²) in [5.41, 5.74) is 8.94. The molecule has 2 aromatic heterocycles. The van der Waals surface area contributed by atoms with Crippen molar-refractivity contribution in [1.29, 1.82) is 0 Å². The van der Waals surface area contributed by atoms with Gasteiger partial charge in [0, 0.05) is 35.5 Å². The Kier molecular flexibility index (Phi) is 7.42. The van der Waals surface area contributed by atoms with Crippen LogP contribution in [-0.2, 0) is 9.59 Å². The SMILES string of the molecule is COc1cc(Nc2nc(N)c(-c3nc(-c4cc(NC(=O)C5CCC(=O)N5)ccc4C)no3)s2)cc(OC)c1OC. The smallest absolute Gasteiger partial charge is 0.272 e. The Labute approximate surface area is 233 Å². The number of ether oxygens (including phenoxy) is 3. The molecular formula is C26H27N7O6S. The number of nitrogen functional groups attached to an aromatic ring is 1. The summed E-state index contributed by atoms with van der Waals surface area (Å²) in [6.45, 7) is 1.90. The minimum atomic E-state index is -0.550. The van der Waals surface area contributed by atoms with Crippen LogP contribution in [0.1, 0.15) is 18.4 Å². The number of hydrogen-bond donors (Lipinski definition) is 4. The van der Waals surface area contributed by atoms with Gasteiger partial charge in [0.25, 0.3) is 5.89 Å². The number of aryl methyl sites for hydroxylation is 1. The van der Waals surface area contributed by atoms with Crippen molar-refractivity contribution in [2.24, 2.45) is 0 Å². The summed E-state index contributed by atoms with van der Waals surface area (Å²) in [4.78, 5) is 33.4. The third-order valence-corrected chi connectivity index (χ3v) is 7.22. The molecule has 5 N–H and O–H groups in total. The van der Waals surface area contributed by atoms with Gasteiger partial charge in [0.05, 0.1) is 21.3 Å². The highest BCUT2D eigenvalue weighted by Gasteiger charge is 2.27. The van der Waals surface area contributed by atoms with E-state index in [1.807, 2.05) is 13.0 Å². The molecule has 1 saturated heterocycles. The lowest BCUT2D eigenvalue weighted by Gasteiger charge is -2.14. The van der Waals surface area contributed by atoms with E-state index in [2.05, 4.69) is 31.1 Å². The molecule has 1 atom stereocenters. The van der Waals surface area contributed by atoms with Crippen LogP contribution < -0.4 is 35.9 Å². The number of anilines is 4. The van der Waals surface area contributed by atoms with Crippen LogP contribution in [0.2, 0.25) is 0 Å². The van der Waals surface area contributed by atoms with E-state index in [9.17, 15) is 9.59 Å². The molecule has 0 saturated carbocycles. The average Bonchev–Trinajstić information content (AvgIpc) is 3.69. The Bertz CT molecular complexity index is 1560. The second-order valence-corrected chi connectivity index (χ2v) is 9.87. The van der Waals surface area contributed by atoms with Gasteiger partial charge in [-0.3, -0.25) is 9.59 Å². The molecule has 3 heterocycles. The first-order chi connectivity index (χ1) is 19.3. The minimum absolute atomic E-state index is 0.131. The van der Waals surface area contributed by atoms with Gasteiger partial charge in [-0.2, -0.15) is 4.98 Å². The van der Waals surface area contributed by atoms with Crippen LogP contribution in [-0.4, -0.2) is 54.3 Å². The van der Waals surface area contributed by atoms with Crippen molar-refractivity contribution in [1.82, 2.24) is 20.4 Å². The molecule has 2 aromatic carbocycles. The zero-order valence-electron chi connectivity index (χ0n) is 22.2. The summed E-state index contributed by atoms with van der Waals surface area (Å²) in [6.07, 6.45) is 0.799. The lowest BCUT2D eigenvalue weighted by atomic mass is 10.1. The lowest BCUT2D eigenvalue weighted by molar-refractivity contribution is -0.122. The average molecular weight is 566 g/mol. The quantitative estimate of drug-likeness (QED) is 0.233. The van der Waals surface area contributed by atoms with Crippen molar-refractivity contribution in [2.75, 3.05) is 37.7 Å².